The highest BCUT2D eigenvalue weighted by atomic mass is 16.5. The van der Waals surface area contributed by atoms with Crippen LogP contribution in [0.1, 0.15) is 106 Å². The number of benzene rings is 1. The first-order chi connectivity index (χ1) is 32.4. The summed E-state index contributed by atoms with van der Waals surface area (Å²) in [6.45, 7) is 23.8. The first kappa shape index (κ1) is 51.0. The minimum atomic E-state index is -0.937. The number of hydrogen-bond acceptors (Lipinski definition) is 11. The number of anilines is 1. The molecule has 2 unspecified atom stereocenters. The summed E-state index contributed by atoms with van der Waals surface area (Å²) >= 11 is 0. The van der Waals surface area contributed by atoms with Crippen molar-refractivity contribution in [2.24, 2.45) is 23.2 Å². The first-order valence-electron chi connectivity index (χ1n) is 25.2. The van der Waals surface area contributed by atoms with Crippen molar-refractivity contribution in [2.75, 3.05) is 71.0 Å². The van der Waals surface area contributed by atoms with Crippen molar-refractivity contribution in [2.45, 2.75) is 137 Å². The van der Waals surface area contributed by atoms with E-state index in [0.29, 0.717) is 77.4 Å². The number of likely N-dealkylation sites (tertiary alicyclic amines) is 1. The van der Waals surface area contributed by atoms with E-state index in [2.05, 4.69) is 108 Å². The molecular formula is C53H78N8O7. The van der Waals surface area contributed by atoms with Crippen molar-refractivity contribution in [1.82, 2.24) is 35.9 Å². The van der Waals surface area contributed by atoms with Gasteiger partial charge in [0.1, 0.15) is 12.1 Å². The molecule has 3 amide bonds. The fraction of sp³-hybridized carbons (Fsp3) is 0.660. The largest absolute Gasteiger partial charge is 0.464 e. The molecule has 3 saturated heterocycles. The average Bonchev–Trinajstić information content (AvgIpc) is 3.63. The normalized spacial score (nSPS) is 23.5. The molecule has 1 aromatic heterocycles. The Labute approximate surface area is 404 Å². The molecule has 15 nitrogen and oxygen atoms in total. The molecule has 2 aromatic rings. The monoisotopic (exact) mass is 939 g/mol. The van der Waals surface area contributed by atoms with Crippen molar-refractivity contribution in [3.8, 4) is 11.8 Å². The summed E-state index contributed by atoms with van der Waals surface area (Å²) in [5.74, 6) is 4.27. The van der Waals surface area contributed by atoms with Gasteiger partial charge >= 0.3 is 5.97 Å². The van der Waals surface area contributed by atoms with Crippen LogP contribution in [0.5, 0.6) is 0 Å². The van der Waals surface area contributed by atoms with Gasteiger partial charge in [-0.05, 0) is 101 Å². The number of morpholine rings is 1. The molecule has 15 heteroatoms. The SMILES string of the molecule is CCn1c(C2=C(C(C)C)NCC=C2)c2c3cc(ccc31)N1CCO[C@@H](CC(NC(=O)C(COC3CCN(C(=O)C#CC(C)(C)NC)CC3)C(C)C)C(=O)N3CCC[C@H](N3)C(=O)OCC(C)(C)C2)C1. The van der Waals surface area contributed by atoms with Gasteiger partial charge < -0.3 is 44.5 Å². The zero-order valence-electron chi connectivity index (χ0n) is 42.4. The summed E-state index contributed by atoms with van der Waals surface area (Å²) in [7, 11) is 1.82. The fourth-order valence-corrected chi connectivity index (χ4v) is 10.1. The van der Waals surface area contributed by atoms with Crippen molar-refractivity contribution >= 4 is 45.9 Å². The zero-order valence-corrected chi connectivity index (χ0v) is 42.4. The van der Waals surface area contributed by atoms with Gasteiger partial charge in [-0.2, -0.15) is 0 Å². The number of hydrazine groups is 1. The van der Waals surface area contributed by atoms with E-state index < -0.39 is 34.9 Å². The topological polar surface area (TPSA) is 159 Å². The Morgan fingerprint density at radius 1 is 1.06 bits per heavy atom. The quantitative estimate of drug-likeness (QED) is 0.184. The van der Waals surface area contributed by atoms with Crippen LogP contribution in [0.4, 0.5) is 5.69 Å². The van der Waals surface area contributed by atoms with Gasteiger partial charge in [0.15, 0.2) is 0 Å². The third kappa shape index (κ3) is 11.9. The van der Waals surface area contributed by atoms with Gasteiger partial charge in [-0.15, -0.1) is 0 Å². The predicted octanol–water partition coefficient (Wildman–Crippen LogP) is 5.17. The van der Waals surface area contributed by atoms with Gasteiger partial charge in [-0.1, -0.05) is 59.6 Å². The van der Waals surface area contributed by atoms with E-state index in [0.717, 1.165) is 24.3 Å². The van der Waals surface area contributed by atoms with Crippen LogP contribution >= 0.6 is 0 Å². The average molecular weight is 939 g/mol. The second-order valence-electron chi connectivity index (χ2n) is 21.3. The van der Waals surface area contributed by atoms with Gasteiger partial charge in [0.25, 0.3) is 11.8 Å². The lowest BCUT2D eigenvalue weighted by atomic mass is 9.83. The molecule has 0 saturated carbocycles. The molecule has 0 aliphatic carbocycles. The number of aromatic nitrogens is 1. The number of carbonyl (C=O) groups excluding carboxylic acids is 4. The summed E-state index contributed by atoms with van der Waals surface area (Å²) in [6.07, 6.45) is 7.27. The van der Waals surface area contributed by atoms with Crippen molar-refractivity contribution in [3.63, 3.8) is 0 Å². The highest BCUT2D eigenvalue weighted by molar-refractivity contribution is 5.95. The van der Waals surface area contributed by atoms with Crippen LogP contribution in [-0.4, -0.2) is 134 Å². The number of esters is 1. The molecule has 6 heterocycles. The lowest BCUT2D eigenvalue weighted by molar-refractivity contribution is -0.156. The fourth-order valence-electron chi connectivity index (χ4n) is 10.1. The Kier molecular flexibility index (Phi) is 16.4. The number of aryl methyl sites for hydroxylation is 1. The highest BCUT2D eigenvalue weighted by Gasteiger charge is 2.39. The van der Waals surface area contributed by atoms with Gasteiger partial charge in [-0.25, -0.2) is 5.43 Å². The molecule has 7 rings (SSSR count). The number of allylic oxidation sites excluding steroid dienone is 3. The Morgan fingerprint density at radius 2 is 1.82 bits per heavy atom. The van der Waals surface area contributed by atoms with Crippen LogP contribution in [0.2, 0.25) is 0 Å². The molecule has 6 bridgehead atoms. The van der Waals surface area contributed by atoms with Crippen LogP contribution in [0, 0.1) is 35.0 Å². The number of piperidine rings is 1. The maximum atomic E-state index is 14.7. The molecule has 68 heavy (non-hydrogen) atoms. The van der Waals surface area contributed by atoms with Crippen molar-refractivity contribution in [3.05, 3.63) is 47.3 Å². The minimum absolute atomic E-state index is 0.0868. The second-order valence-corrected chi connectivity index (χ2v) is 21.3. The third-order valence-electron chi connectivity index (χ3n) is 14.4. The lowest BCUT2D eigenvalue weighted by Crippen LogP contribution is -2.61. The van der Waals surface area contributed by atoms with E-state index in [1.165, 1.54) is 32.9 Å². The molecule has 4 atom stereocenters. The highest BCUT2D eigenvalue weighted by Crippen LogP contribution is 2.40. The molecular weight excluding hydrogens is 861 g/mol. The Bertz CT molecular complexity index is 2290. The number of amides is 3. The van der Waals surface area contributed by atoms with Crippen LogP contribution in [-0.2, 0) is 46.4 Å². The number of cyclic esters (lactones) is 1. The number of ether oxygens (including phenoxy) is 3. The van der Waals surface area contributed by atoms with Crippen LogP contribution in [0.15, 0.2) is 36.0 Å². The Morgan fingerprint density at radius 3 is 2.53 bits per heavy atom. The summed E-state index contributed by atoms with van der Waals surface area (Å²) in [6, 6.07) is 5.08. The summed E-state index contributed by atoms with van der Waals surface area (Å²) in [5, 5.41) is 12.6. The summed E-state index contributed by atoms with van der Waals surface area (Å²) in [5.41, 5.74) is 9.38. The number of nitrogens with one attached hydrogen (secondary N) is 4. The molecule has 5 aliphatic rings. The Balaban J connectivity index is 1.15. The molecule has 3 fully saturated rings. The van der Waals surface area contributed by atoms with Gasteiger partial charge in [0.05, 0.1) is 49.2 Å². The summed E-state index contributed by atoms with van der Waals surface area (Å²) < 4.78 is 21.4. The third-order valence-corrected chi connectivity index (χ3v) is 14.4. The van der Waals surface area contributed by atoms with E-state index in [9.17, 15) is 19.2 Å². The standard InChI is InChI=1S/C53H78N8O7/c1-11-60-45-17-16-36-28-40(45)41(48(60)39-14-12-22-55-47(39)35(4)5)30-52(6,7)33-68-51(65)43-15-13-23-61(57-43)50(64)44(29-38-31-59(36)26-27-66-38)56-49(63)42(34(2)3)32-67-37-19-24-58(25-20-37)46(62)18-21-53(8,9)54-10/h12,14,16-17,28,34-35,37-38,42-44,54-55,57H,11,13,15,19-20,22-27,29-33H2,1-10H3,(H,56,63)/t38-,42?,43-,44?/m0/s1. The summed E-state index contributed by atoms with van der Waals surface area (Å²) in [4.78, 5) is 60.0. The number of rotatable bonds is 10. The van der Waals surface area contributed by atoms with E-state index in [1.807, 2.05) is 34.7 Å². The maximum absolute atomic E-state index is 14.7. The molecule has 5 aliphatic heterocycles. The van der Waals surface area contributed by atoms with Crippen LogP contribution in [0.25, 0.3) is 16.5 Å². The predicted molar refractivity (Wildman–Crippen MR) is 266 cm³/mol. The number of hydrogen-bond donors (Lipinski definition) is 4. The van der Waals surface area contributed by atoms with Gasteiger partial charge in [-0.3, -0.25) is 24.2 Å². The van der Waals surface area contributed by atoms with E-state index in [-0.39, 0.29) is 55.5 Å². The number of dihydropyridines is 1. The lowest BCUT2D eigenvalue weighted by Gasteiger charge is -2.39. The van der Waals surface area contributed by atoms with Gasteiger partial charge in [0.2, 0.25) is 5.91 Å². The molecule has 372 valence electrons. The van der Waals surface area contributed by atoms with Crippen molar-refractivity contribution in [1.29, 1.82) is 0 Å². The van der Waals surface area contributed by atoms with E-state index >= 15 is 0 Å². The maximum Gasteiger partial charge on any atom is 0.324 e. The Hall–Kier alpha value is -4.88. The first-order valence-corrected chi connectivity index (χ1v) is 25.2. The molecule has 1 aromatic carbocycles. The van der Waals surface area contributed by atoms with E-state index in [4.69, 9.17) is 14.2 Å². The van der Waals surface area contributed by atoms with Gasteiger partial charge in [0, 0.05) is 85.5 Å². The number of nitrogens with zero attached hydrogens (tertiary/aromatic N) is 4. The number of carbonyl (C=O) groups is 4. The van der Waals surface area contributed by atoms with Crippen LogP contribution < -0.4 is 26.3 Å². The van der Waals surface area contributed by atoms with E-state index in [1.54, 1.807) is 4.90 Å². The zero-order chi connectivity index (χ0) is 48.9. The molecule has 0 spiro atoms. The smallest absolute Gasteiger partial charge is 0.324 e. The number of fused-ring (bicyclic) bond motifs is 6. The van der Waals surface area contributed by atoms with Crippen LogP contribution in [0.3, 0.4) is 0 Å². The molecule has 4 N–H and O–H groups in total. The van der Waals surface area contributed by atoms with Crippen molar-refractivity contribution < 1.29 is 33.4 Å². The second kappa shape index (κ2) is 21.8. The molecule has 0 radical (unpaired) electrons. The minimum Gasteiger partial charge on any atom is -0.464 e.